The molecule has 0 amide bonds. The summed E-state index contributed by atoms with van der Waals surface area (Å²) < 4.78 is 5.44. The first-order chi connectivity index (χ1) is 10.7. The normalized spacial score (nSPS) is 13.5. The summed E-state index contributed by atoms with van der Waals surface area (Å²) in [4.78, 5) is 11.4. The van der Waals surface area contributed by atoms with Crippen LogP contribution in [0.2, 0.25) is 0 Å². The molecular formula is C18H20O4. The van der Waals surface area contributed by atoms with E-state index in [0.717, 1.165) is 11.1 Å². The van der Waals surface area contributed by atoms with Crippen molar-refractivity contribution in [3.8, 4) is 0 Å². The molecule has 0 spiro atoms. The molecule has 0 bridgehead atoms. The Morgan fingerprint density at radius 3 is 2.05 bits per heavy atom. The van der Waals surface area contributed by atoms with Gasteiger partial charge >= 0.3 is 5.97 Å². The lowest BCUT2D eigenvalue weighted by molar-refractivity contribution is -0.147. The molecule has 0 heterocycles. The Kier molecular flexibility index (Phi) is 6.13. The number of aliphatic hydroxyl groups is 1. The standard InChI is InChI=1S/C18H20O4/c19-17(13-22-12-15-9-5-2-6-10-15)16(18(20)21)11-14-7-3-1-4-8-14/h1-10,16-17,19H,11-13H2,(H,20,21)/t16-,17+/m0/s1. The molecule has 2 aromatic carbocycles. The van der Waals surface area contributed by atoms with Crippen LogP contribution in [-0.2, 0) is 22.6 Å². The van der Waals surface area contributed by atoms with Crippen molar-refractivity contribution < 1.29 is 19.7 Å². The van der Waals surface area contributed by atoms with Gasteiger partial charge in [0.2, 0.25) is 0 Å². The Morgan fingerprint density at radius 2 is 1.50 bits per heavy atom. The predicted molar refractivity (Wildman–Crippen MR) is 83.4 cm³/mol. The van der Waals surface area contributed by atoms with Gasteiger partial charge in [0.15, 0.2) is 0 Å². The zero-order valence-corrected chi connectivity index (χ0v) is 12.3. The first kappa shape index (κ1) is 16.2. The highest BCUT2D eigenvalue weighted by Gasteiger charge is 2.26. The number of hydrogen-bond donors (Lipinski definition) is 2. The van der Waals surface area contributed by atoms with E-state index < -0.39 is 18.0 Å². The van der Waals surface area contributed by atoms with Crippen LogP contribution < -0.4 is 0 Å². The second-order valence-corrected chi connectivity index (χ2v) is 5.20. The fourth-order valence-electron chi connectivity index (χ4n) is 2.24. The number of benzene rings is 2. The molecule has 4 heteroatoms. The number of carboxylic acids is 1. The van der Waals surface area contributed by atoms with E-state index in [9.17, 15) is 15.0 Å². The number of carbonyl (C=O) groups is 1. The monoisotopic (exact) mass is 300 g/mol. The Balaban J connectivity index is 1.87. The van der Waals surface area contributed by atoms with Crippen molar-refractivity contribution in [1.29, 1.82) is 0 Å². The molecule has 2 atom stereocenters. The van der Waals surface area contributed by atoms with Gasteiger partial charge in [-0.25, -0.2) is 0 Å². The third kappa shape index (κ3) is 4.98. The van der Waals surface area contributed by atoms with E-state index in [4.69, 9.17) is 4.74 Å². The summed E-state index contributed by atoms with van der Waals surface area (Å²) in [5.74, 6) is -1.89. The number of carboxylic acid groups (broad SMARTS) is 1. The molecule has 0 saturated heterocycles. The van der Waals surface area contributed by atoms with Crippen LogP contribution in [0.25, 0.3) is 0 Å². The van der Waals surface area contributed by atoms with Gasteiger partial charge in [-0.1, -0.05) is 60.7 Å². The lowest BCUT2D eigenvalue weighted by Gasteiger charge is -2.19. The van der Waals surface area contributed by atoms with E-state index in [0.29, 0.717) is 6.61 Å². The van der Waals surface area contributed by atoms with Crippen molar-refractivity contribution in [2.24, 2.45) is 5.92 Å². The Hall–Kier alpha value is -2.17. The number of aliphatic hydroxyl groups excluding tert-OH is 1. The zero-order chi connectivity index (χ0) is 15.8. The second-order valence-electron chi connectivity index (χ2n) is 5.20. The largest absolute Gasteiger partial charge is 0.481 e. The predicted octanol–water partition coefficient (Wildman–Crippen LogP) is 2.51. The molecule has 0 aromatic heterocycles. The van der Waals surface area contributed by atoms with Gasteiger partial charge in [0.05, 0.1) is 25.2 Å². The van der Waals surface area contributed by atoms with Gasteiger partial charge in [0.25, 0.3) is 0 Å². The first-order valence-electron chi connectivity index (χ1n) is 7.23. The summed E-state index contributed by atoms with van der Waals surface area (Å²) in [5.41, 5.74) is 1.88. The summed E-state index contributed by atoms with van der Waals surface area (Å²) in [6.45, 7) is 0.355. The van der Waals surface area contributed by atoms with Crippen LogP contribution >= 0.6 is 0 Å². The maximum absolute atomic E-state index is 11.4. The fourth-order valence-corrected chi connectivity index (χ4v) is 2.24. The maximum Gasteiger partial charge on any atom is 0.309 e. The summed E-state index contributed by atoms with van der Waals surface area (Å²) in [6, 6.07) is 18.9. The highest BCUT2D eigenvalue weighted by atomic mass is 16.5. The van der Waals surface area contributed by atoms with Crippen LogP contribution in [0.3, 0.4) is 0 Å². The molecule has 0 aliphatic carbocycles. The van der Waals surface area contributed by atoms with Crippen LogP contribution in [0.15, 0.2) is 60.7 Å². The van der Waals surface area contributed by atoms with Crippen LogP contribution in [0.5, 0.6) is 0 Å². The third-order valence-electron chi connectivity index (χ3n) is 3.48. The van der Waals surface area contributed by atoms with E-state index >= 15 is 0 Å². The average Bonchev–Trinajstić information content (AvgIpc) is 2.54. The molecule has 4 nitrogen and oxygen atoms in total. The molecule has 0 unspecified atom stereocenters. The van der Waals surface area contributed by atoms with Crippen molar-refractivity contribution in [3.05, 3.63) is 71.8 Å². The van der Waals surface area contributed by atoms with E-state index in [2.05, 4.69) is 0 Å². The summed E-state index contributed by atoms with van der Waals surface area (Å²) in [6.07, 6.45) is -0.757. The van der Waals surface area contributed by atoms with Crippen molar-refractivity contribution in [2.45, 2.75) is 19.1 Å². The van der Waals surface area contributed by atoms with Gasteiger partial charge in [-0.15, -0.1) is 0 Å². The highest BCUT2D eigenvalue weighted by Crippen LogP contribution is 2.14. The molecule has 2 rings (SSSR count). The van der Waals surface area contributed by atoms with Gasteiger partial charge in [-0.2, -0.15) is 0 Å². The van der Waals surface area contributed by atoms with Gasteiger partial charge in [-0.3, -0.25) is 4.79 Å². The van der Waals surface area contributed by atoms with E-state index in [1.807, 2.05) is 60.7 Å². The van der Waals surface area contributed by atoms with Crippen molar-refractivity contribution >= 4 is 5.97 Å². The smallest absolute Gasteiger partial charge is 0.309 e. The maximum atomic E-state index is 11.4. The molecule has 2 aromatic rings. The minimum Gasteiger partial charge on any atom is -0.481 e. The van der Waals surface area contributed by atoms with Gasteiger partial charge in [0, 0.05) is 0 Å². The molecule has 0 radical (unpaired) electrons. The van der Waals surface area contributed by atoms with Gasteiger partial charge < -0.3 is 14.9 Å². The lowest BCUT2D eigenvalue weighted by Crippen LogP contribution is -2.33. The topological polar surface area (TPSA) is 66.8 Å². The minimum atomic E-state index is -1.04. The fraction of sp³-hybridized carbons (Fsp3) is 0.278. The molecule has 0 aliphatic heterocycles. The molecule has 22 heavy (non-hydrogen) atoms. The third-order valence-corrected chi connectivity index (χ3v) is 3.48. The van der Waals surface area contributed by atoms with E-state index in [1.165, 1.54) is 0 Å². The molecule has 0 fully saturated rings. The molecule has 0 aliphatic rings. The van der Waals surface area contributed by atoms with Crippen molar-refractivity contribution in [1.82, 2.24) is 0 Å². The summed E-state index contributed by atoms with van der Waals surface area (Å²) in [7, 11) is 0. The average molecular weight is 300 g/mol. The Morgan fingerprint density at radius 1 is 0.955 bits per heavy atom. The minimum absolute atomic E-state index is 0.00130. The Labute approximate surface area is 130 Å². The molecule has 116 valence electrons. The van der Waals surface area contributed by atoms with Crippen LogP contribution in [0.1, 0.15) is 11.1 Å². The SMILES string of the molecule is O=C(O)[C@@H](Cc1ccccc1)[C@H](O)COCc1ccccc1. The summed E-state index contributed by atoms with van der Waals surface area (Å²) >= 11 is 0. The zero-order valence-electron chi connectivity index (χ0n) is 12.3. The van der Waals surface area contributed by atoms with Crippen molar-refractivity contribution in [3.63, 3.8) is 0 Å². The van der Waals surface area contributed by atoms with E-state index in [1.54, 1.807) is 0 Å². The first-order valence-corrected chi connectivity index (χ1v) is 7.23. The number of rotatable bonds is 8. The Bertz CT molecular complexity index is 568. The molecule has 0 saturated carbocycles. The summed E-state index contributed by atoms with van der Waals surface area (Å²) in [5, 5.41) is 19.4. The van der Waals surface area contributed by atoms with Gasteiger partial charge in [-0.05, 0) is 17.5 Å². The van der Waals surface area contributed by atoms with E-state index in [-0.39, 0.29) is 13.0 Å². The van der Waals surface area contributed by atoms with Crippen molar-refractivity contribution in [2.75, 3.05) is 6.61 Å². The highest BCUT2D eigenvalue weighted by molar-refractivity contribution is 5.71. The van der Waals surface area contributed by atoms with Crippen LogP contribution in [0.4, 0.5) is 0 Å². The quantitative estimate of drug-likeness (QED) is 0.786. The molecular weight excluding hydrogens is 280 g/mol. The lowest BCUT2D eigenvalue weighted by atomic mass is 9.94. The number of aliphatic carboxylic acids is 1. The second kappa shape index (κ2) is 8.32. The van der Waals surface area contributed by atoms with Crippen LogP contribution in [-0.4, -0.2) is 28.9 Å². The molecule has 2 N–H and O–H groups in total. The number of ether oxygens (including phenoxy) is 1. The number of hydrogen-bond acceptors (Lipinski definition) is 3. The van der Waals surface area contributed by atoms with Gasteiger partial charge in [0.1, 0.15) is 0 Å². The van der Waals surface area contributed by atoms with Crippen LogP contribution in [0, 0.1) is 5.92 Å².